The van der Waals surface area contributed by atoms with Gasteiger partial charge in [-0.15, -0.1) is 0 Å². The number of esters is 2. The summed E-state index contributed by atoms with van der Waals surface area (Å²) in [5.41, 5.74) is 0.133. The maximum absolute atomic E-state index is 12.4. The van der Waals surface area contributed by atoms with Crippen molar-refractivity contribution in [2.45, 2.75) is 0 Å². The normalized spacial score (nSPS) is 9.92. The molecule has 132 valence electrons. The number of hydrogen-bond donors (Lipinski definition) is 0. The van der Waals surface area contributed by atoms with Crippen LogP contribution in [0.1, 0.15) is 20.7 Å². The lowest BCUT2D eigenvalue weighted by molar-refractivity contribution is 0.0393. The van der Waals surface area contributed by atoms with Crippen molar-refractivity contribution < 1.29 is 33.3 Å². The number of rotatable bonds is 6. The lowest BCUT2D eigenvalue weighted by Crippen LogP contribution is -2.15. The standard InChI is InChI=1S/C18H18O7/c1-21-11-5-7-15(23-3)13(9-11)17(19)25-18(20)14-10-12(22-2)6-8-16(14)24-4/h5-10H,1-4H3. The molecule has 2 rings (SSSR count). The van der Waals surface area contributed by atoms with Gasteiger partial charge in [0.1, 0.15) is 34.1 Å². The molecule has 0 saturated carbocycles. The van der Waals surface area contributed by atoms with Crippen LogP contribution in [0.15, 0.2) is 36.4 Å². The van der Waals surface area contributed by atoms with E-state index in [1.54, 1.807) is 24.3 Å². The molecule has 0 aromatic heterocycles. The zero-order valence-electron chi connectivity index (χ0n) is 14.3. The molecule has 0 bridgehead atoms. The number of benzene rings is 2. The van der Waals surface area contributed by atoms with Gasteiger partial charge in [0.15, 0.2) is 0 Å². The fourth-order valence-corrected chi connectivity index (χ4v) is 2.14. The number of ether oxygens (including phenoxy) is 5. The number of carbonyl (C=O) groups excluding carboxylic acids is 2. The summed E-state index contributed by atoms with van der Waals surface area (Å²) in [6.45, 7) is 0. The van der Waals surface area contributed by atoms with Crippen LogP contribution in [0.3, 0.4) is 0 Å². The van der Waals surface area contributed by atoms with Crippen LogP contribution >= 0.6 is 0 Å². The molecule has 7 heteroatoms. The Balaban J connectivity index is 2.31. The molecule has 7 nitrogen and oxygen atoms in total. The number of carbonyl (C=O) groups is 2. The molecule has 0 N–H and O–H groups in total. The molecule has 2 aromatic carbocycles. The SMILES string of the molecule is COc1ccc(OC)c(C(=O)OC(=O)c2cc(OC)ccc2OC)c1. The number of hydrogen-bond acceptors (Lipinski definition) is 7. The van der Waals surface area contributed by atoms with E-state index in [1.807, 2.05) is 0 Å². The minimum absolute atomic E-state index is 0.0667. The molecule has 0 radical (unpaired) electrons. The Kier molecular flexibility index (Phi) is 5.84. The molecule has 0 aliphatic carbocycles. The Morgan fingerprint density at radius 3 is 1.36 bits per heavy atom. The first-order valence-electron chi connectivity index (χ1n) is 7.24. The lowest BCUT2D eigenvalue weighted by atomic mass is 10.1. The predicted octanol–water partition coefficient (Wildman–Crippen LogP) is 2.72. The first-order valence-corrected chi connectivity index (χ1v) is 7.24. The monoisotopic (exact) mass is 346 g/mol. The van der Waals surface area contributed by atoms with E-state index in [1.165, 1.54) is 40.6 Å². The first-order chi connectivity index (χ1) is 12.0. The van der Waals surface area contributed by atoms with E-state index in [0.717, 1.165) is 0 Å². The van der Waals surface area contributed by atoms with Gasteiger partial charge < -0.3 is 23.7 Å². The maximum Gasteiger partial charge on any atom is 0.349 e. The maximum atomic E-state index is 12.4. The predicted molar refractivity (Wildman–Crippen MR) is 88.8 cm³/mol. The van der Waals surface area contributed by atoms with Gasteiger partial charge in [0, 0.05) is 0 Å². The third-order valence-corrected chi connectivity index (χ3v) is 3.44. The van der Waals surface area contributed by atoms with Crippen LogP contribution in [-0.4, -0.2) is 40.4 Å². The smallest absolute Gasteiger partial charge is 0.349 e. The van der Waals surface area contributed by atoms with Crippen LogP contribution in [-0.2, 0) is 4.74 Å². The van der Waals surface area contributed by atoms with E-state index in [9.17, 15) is 9.59 Å². The van der Waals surface area contributed by atoms with Gasteiger partial charge in [0.05, 0.1) is 28.4 Å². The van der Waals surface area contributed by atoms with Crippen LogP contribution in [0, 0.1) is 0 Å². The van der Waals surface area contributed by atoms with Gasteiger partial charge in [-0.05, 0) is 36.4 Å². The third kappa shape index (κ3) is 4.00. The van der Waals surface area contributed by atoms with Gasteiger partial charge in [-0.3, -0.25) is 0 Å². The van der Waals surface area contributed by atoms with Crippen molar-refractivity contribution >= 4 is 11.9 Å². The van der Waals surface area contributed by atoms with Crippen LogP contribution in [0.25, 0.3) is 0 Å². The summed E-state index contributed by atoms with van der Waals surface area (Å²) in [5, 5.41) is 0. The van der Waals surface area contributed by atoms with Crippen molar-refractivity contribution in [2.24, 2.45) is 0 Å². The molecular formula is C18H18O7. The molecule has 0 saturated heterocycles. The summed E-state index contributed by atoms with van der Waals surface area (Å²) in [5.74, 6) is -0.359. The molecule has 0 spiro atoms. The third-order valence-electron chi connectivity index (χ3n) is 3.44. The first kappa shape index (κ1) is 18.1. The molecule has 2 aromatic rings. The van der Waals surface area contributed by atoms with Gasteiger partial charge in [0.2, 0.25) is 0 Å². The Labute approximate surface area is 145 Å². The van der Waals surface area contributed by atoms with Crippen molar-refractivity contribution in [3.05, 3.63) is 47.5 Å². The van der Waals surface area contributed by atoms with Gasteiger partial charge in [-0.2, -0.15) is 0 Å². The molecule has 0 heterocycles. The fourth-order valence-electron chi connectivity index (χ4n) is 2.14. The summed E-state index contributed by atoms with van der Waals surface area (Å²) in [7, 11) is 5.74. The lowest BCUT2D eigenvalue weighted by Gasteiger charge is -2.11. The second-order valence-corrected chi connectivity index (χ2v) is 4.81. The fraction of sp³-hybridized carbons (Fsp3) is 0.222. The second-order valence-electron chi connectivity index (χ2n) is 4.81. The Morgan fingerprint density at radius 2 is 1.04 bits per heavy atom. The summed E-state index contributed by atoms with van der Waals surface area (Å²) >= 11 is 0. The van der Waals surface area contributed by atoms with Crippen molar-refractivity contribution in [2.75, 3.05) is 28.4 Å². The zero-order valence-corrected chi connectivity index (χ0v) is 14.3. The quantitative estimate of drug-likeness (QED) is 0.587. The van der Waals surface area contributed by atoms with Crippen molar-refractivity contribution in [3.63, 3.8) is 0 Å². The van der Waals surface area contributed by atoms with Crippen LogP contribution < -0.4 is 18.9 Å². The van der Waals surface area contributed by atoms with E-state index in [0.29, 0.717) is 11.5 Å². The minimum Gasteiger partial charge on any atom is -0.497 e. The average molecular weight is 346 g/mol. The van der Waals surface area contributed by atoms with Gasteiger partial charge in [0.25, 0.3) is 0 Å². The molecule has 25 heavy (non-hydrogen) atoms. The van der Waals surface area contributed by atoms with Gasteiger partial charge in [-0.1, -0.05) is 0 Å². The minimum atomic E-state index is -0.870. The highest BCUT2D eigenvalue weighted by Gasteiger charge is 2.22. The van der Waals surface area contributed by atoms with Crippen molar-refractivity contribution in [1.29, 1.82) is 0 Å². The van der Waals surface area contributed by atoms with Crippen LogP contribution in [0.2, 0.25) is 0 Å². The van der Waals surface area contributed by atoms with Crippen molar-refractivity contribution in [1.82, 2.24) is 0 Å². The molecule has 0 aliphatic rings. The topological polar surface area (TPSA) is 80.3 Å². The molecule has 0 unspecified atom stereocenters. The van der Waals surface area contributed by atoms with Crippen LogP contribution in [0.5, 0.6) is 23.0 Å². The largest absolute Gasteiger partial charge is 0.497 e. The van der Waals surface area contributed by atoms with E-state index in [4.69, 9.17) is 23.7 Å². The Hall–Kier alpha value is -3.22. The van der Waals surface area contributed by atoms with Crippen LogP contribution in [0.4, 0.5) is 0 Å². The summed E-state index contributed by atoms with van der Waals surface area (Å²) in [6.07, 6.45) is 0. The summed E-state index contributed by atoms with van der Waals surface area (Å²) < 4.78 is 25.4. The number of methoxy groups -OCH3 is 4. The highest BCUT2D eigenvalue weighted by atomic mass is 16.6. The van der Waals surface area contributed by atoms with E-state index in [-0.39, 0.29) is 22.6 Å². The highest BCUT2D eigenvalue weighted by Crippen LogP contribution is 2.27. The molecular weight excluding hydrogens is 328 g/mol. The molecule has 0 aliphatic heterocycles. The molecule has 0 atom stereocenters. The molecule has 0 amide bonds. The second kappa shape index (κ2) is 8.05. The summed E-state index contributed by atoms with van der Waals surface area (Å²) in [4.78, 5) is 24.8. The van der Waals surface area contributed by atoms with E-state index < -0.39 is 11.9 Å². The average Bonchev–Trinajstić information content (AvgIpc) is 2.66. The van der Waals surface area contributed by atoms with E-state index in [2.05, 4.69) is 0 Å². The van der Waals surface area contributed by atoms with Gasteiger partial charge in [-0.25, -0.2) is 9.59 Å². The Morgan fingerprint density at radius 1 is 0.640 bits per heavy atom. The van der Waals surface area contributed by atoms with Crippen molar-refractivity contribution in [3.8, 4) is 23.0 Å². The zero-order chi connectivity index (χ0) is 18.4. The molecule has 0 fully saturated rings. The highest BCUT2D eigenvalue weighted by molar-refractivity contribution is 6.05. The van der Waals surface area contributed by atoms with E-state index >= 15 is 0 Å². The Bertz CT molecular complexity index is 717. The van der Waals surface area contributed by atoms with Gasteiger partial charge >= 0.3 is 11.9 Å². The summed E-state index contributed by atoms with van der Waals surface area (Å²) in [6, 6.07) is 9.21.